The van der Waals surface area contributed by atoms with Gasteiger partial charge in [-0.3, -0.25) is 9.59 Å². The van der Waals surface area contributed by atoms with Gasteiger partial charge in [0.25, 0.3) is 5.91 Å². The SMILES string of the molecule is O=C(CCc1cccs1)N1CCN(C(=O)c2ccc3nc[nH]c3c2)CC1. The second kappa shape index (κ2) is 7.29. The Hall–Kier alpha value is -2.67. The summed E-state index contributed by atoms with van der Waals surface area (Å²) in [6.07, 6.45) is 2.95. The van der Waals surface area contributed by atoms with Crippen molar-refractivity contribution < 1.29 is 9.59 Å². The number of benzene rings is 1. The van der Waals surface area contributed by atoms with Gasteiger partial charge in [-0.2, -0.15) is 0 Å². The molecule has 3 aromatic rings. The Morgan fingerprint density at radius 3 is 2.69 bits per heavy atom. The lowest BCUT2D eigenvalue weighted by molar-refractivity contribution is -0.132. The lowest BCUT2D eigenvalue weighted by Gasteiger charge is -2.35. The van der Waals surface area contributed by atoms with Crippen LogP contribution >= 0.6 is 11.3 Å². The molecule has 1 N–H and O–H groups in total. The van der Waals surface area contributed by atoms with Crippen molar-refractivity contribution in [2.45, 2.75) is 12.8 Å². The summed E-state index contributed by atoms with van der Waals surface area (Å²) in [5.74, 6) is 0.177. The zero-order valence-corrected chi connectivity index (χ0v) is 15.2. The van der Waals surface area contributed by atoms with E-state index in [4.69, 9.17) is 0 Å². The Balaban J connectivity index is 1.32. The molecule has 0 radical (unpaired) electrons. The average molecular weight is 368 g/mol. The molecule has 1 saturated heterocycles. The van der Waals surface area contributed by atoms with Crippen molar-refractivity contribution in [2.24, 2.45) is 0 Å². The number of aryl methyl sites for hydroxylation is 1. The predicted octanol–water partition coefficient (Wildman–Crippen LogP) is 2.54. The van der Waals surface area contributed by atoms with Crippen molar-refractivity contribution in [1.82, 2.24) is 19.8 Å². The van der Waals surface area contributed by atoms with E-state index in [2.05, 4.69) is 16.0 Å². The number of piperazine rings is 1. The van der Waals surface area contributed by atoms with Gasteiger partial charge >= 0.3 is 0 Å². The van der Waals surface area contributed by atoms with Crippen LogP contribution in [0.3, 0.4) is 0 Å². The molecule has 0 aliphatic carbocycles. The highest BCUT2D eigenvalue weighted by atomic mass is 32.1. The number of imidazole rings is 1. The van der Waals surface area contributed by atoms with E-state index in [9.17, 15) is 9.59 Å². The van der Waals surface area contributed by atoms with Crippen LogP contribution in [-0.4, -0.2) is 57.8 Å². The van der Waals surface area contributed by atoms with Crippen LogP contribution in [0.4, 0.5) is 0 Å². The molecule has 1 aliphatic rings. The van der Waals surface area contributed by atoms with Gasteiger partial charge in [-0.15, -0.1) is 11.3 Å². The number of nitrogens with zero attached hydrogens (tertiary/aromatic N) is 3. The van der Waals surface area contributed by atoms with E-state index >= 15 is 0 Å². The Labute approximate surface area is 155 Å². The topological polar surface area (TPSA) is 69.3 Å². The molecule has 134 valence electrons. The van der Waals surface area contributed by atoms with Crippen LogP contribution in [0.1, 0.15) is 21.7 Å². The second-order valence-electron chi connectivity index (χ2n) is 6.39. The van der Waals surface area contributed by atoms with Gasteiger partial charge in [0, 0.05) is 43.0 Å². The Morgan fingerprint density at radius 1 is 1.12 bits per heavy atom. The number of H-pyrrole nitrogens is 1. The fraction of sp³-hybridized carbons (Fsp3) is 0.316. The number of aromatic nitrogens is 2. The summed E-state index contributed by atoms with van der Waals surface area (Å²) in [6.45, 7) is 2.35. The summed E-state index contributed by atoms with van der Waals surface area (Å²) < 4.78 is 0. The van der Waals surface area contributed by atoms with Crippen molar-refractivity contribution in [3.05, 3.63) is 52.5 Å². The van der Waals surface area contributed by atoms with E-state index in [0.29, 0.717) is 38.2 Å². The fourth-order valence-corrected chi connectivity index (χ4v) is 3.96. The zero-order valence-electron chi connectivity index (χ0n) is 14.4. The first-order valence-corrected chi connectivity index (χ1v) is 9.61. The van der Waals surface area contributed by atoms with Gasteiger partial charge in [-0.05, 0) is 36.1 Å². The smallest absolute Gasteiger partial charge is 0.254 e. The molecule has 7 heteroatoms. The summed E-state index contributed by atoms with van der Waals surface area (Å²) >= 11 is 1.68. The molecule has 0 spiro atoms. The van der Waals surface area contributed by atoms with Crippen LogP contribution in [0.15, 0.2) is 42.0 Å². The quantitative estimate of drug-likeness (QED) is 0.769. The van der Waals surface area contributed by atoms with Crippen molar-refractivity contribution >= 4 is 34.2 Å². The van der Waals surface area contributed by atoms with Gasteiger partial charge in [0.2, 0.25) is 5.91 Å². The minimum absolute atomic E-state index is 0.00665. The largest absolute Gasteiger partial charge is 0.345 e. The van der Waals surface area contributed by atoms with Gasteiger partial charge in [0.15, 0.2) is 0 Å². The number of aromatic amines is 1. The first-order valence-electron chi connectivity index (χ1n) is 8.73. The Morgan fingerprint density at radius 2 is 1.92 bits per heavy atom. The minimum atomic E-state index is 0.00665. The fourth-order valence-electron chi connectivity index (χ4n) is 3.25. The van der Waals surface area contributed by atoms with Crippen LogP contribution < -0.4 is 0 Å². The van der Waals surface area contributed by atoms with E-state index in [1.165, 1.54) is 4.88 Å². The van der Waals surface area contributed by atoms with Crippen molar-refractivity contribution in [1.29, 1.82) is 0 Å². The normalized spacial score (nSPS) is 14.8. The minimum Gasteiger partial charge on any atom is -0.345 e. The standard InChI is InChI=1S/C19H20N4O2S/c24-18(6-4-15-2-1-11-26-15)22-7-9-23(10-8-22)19(25)14-3-5-16-17(12-14)21-13-20-16/h1-3,5,11-13H,4,6-10H2,(H,20,21). The molecular formula is C19H20N4O2S. The van der Waals surface area contributed by atoms with Gasteiger partial charge in [-0.25, -0.2) is 4.98 Å². The number of carbonyl (C=O) groups excluding carboxylic acids is 2. The molecule has 3 heterocycles. The summed E-state index contributed by atoms with van der Waals surface area (Å²) in [5.41, 5.74) is 2.36. The molecule has 2 amide bonds. The monoisotopic (exact) mass is 368 g/mol. The molecule has 0 atom stereocenters. The third-order valence-corrected chi connectivity index (χ3v) is 5.69. The third kappa shape index (κ3) is 3.48. The van der Waals surface area contributed by atoms with Crippen LogP contribution in [0.25, 0.3) is 11.0 Å². The molecule has 4 rings (SSSR count). The average Bonchev–Trinajstić information content (AvgIpc) is 3.36. The molecule has 0 bridgehead atoms. The van der Waals surface area contributed by atoms with E-state index < -0.39 is 0 Å². The highest BCUT2D eigenvalue weighted by molar-refractivity contribution is 7.09. The third-order valence-electron chi connectivity index (χ3n) is 4.75. The maximum Gasteiger partial charge on any atom is 0.254 e. The molecule has 1 fully saturated rings. The van der Waals surface area contributed by atoms with Gasteiger partial charge in [0.1, 0.15) is 0 Å². The molecule has 26 heavy (non-hydrogen) atoms. The summed E-state index contributed by atoms with van der Waals surface area (Å²) in [6, 6.07) is 9.57. The van der Waals surface area contributed by atoms with Crippen molar-refractivity contribution in [2.75, 3.05) is 26.2 Å². The number of carbonyl (C=O) groups is 2. The first-order chi connectivity index (χ1) is 12.7. The predicted molar refractivity (Wildman–Crippen MR) is 101 cm³/mol. The summed E-state index contributed by atoms with van der Waals surface area (Å²) in [5, 5.41) is 2.03. The molecule has 1 aromatic carbocycles. The van der Waals surface area contributed by atoms with E-state index in [-0.39, 0.29) is 11.8 Å². The molecule has 0 saturated carbocycles. The number of amides is 2. The molecule has 1 aliphatic heterocycles. The van der Waals surface area contributed by atoms with Crippen LogP contribution in [0.5, 0.6) is 0 Å². The highest BCUT2D eigenvalue weighted by Crippen LogP contribution is 2.16. The van der Waals surface area contributed by atoms with E-state index in [1.807, 2.05) is 39.4 Å². The molecule has 2 aromatic heterocycles. The maximum absolute atomic E-state index is 12.7. The zero-order chi connectivity index (χ0) is 17.9. The number of nitrogens with one attached hydrogen (secondary N) is 1. The second-order valence-corrected chi connectivity index (χ2v) is 7.42. The molecule has 0 unspecified atom stereocenters. The highest BCUT2D eigenvalue weighted by Gasteiger charge is 2.24. The van der Waals surface area contributed by atoms with Crippen molar-refractivity contribution in [3.63, 3.8) is 0 Å². The van der Waals surface area contributed by atoms with Gasteiger partial charge < -0.3 is 14.8 Å². The van der Waals surface area contributed by atoms with E-state index in [0.717, 1.165) is 17.5 Å². The maximum atomic E-state index is 12.7. The first kappa shape index (κ1) is 16.8. The Bertz CT molecular complexity index is 911. The summed E-state index contributed by atoms with van der Waals surface area (Å²) in [4.78, 5) is 37.2. The van der Waals surface area contributed by atoms with Crippen LogP contribution in [0, 0.1) is 0 Å². The van der Waals surface area contributed by atoms with Crippen LogP contribution in [-0.2, 0) is 11.2 Å². The van der Waals surface area contributed by atoms with Gasteiger partial charge in [0.05, 0.1) is 17.4 Å². The van der Waals surface area contributed by atoms with Crippen molar-refractivity contribution in [3.8, 4) is 0 Å². The van der Waals surface area contributed by atoms with E-state index in [1.54, 1.807) is 17.7 Å². The number of hydrogen-bond donors (Lipinski definition) is 1. The number of hydrogen-bond acceptors (Lipinski definition) is 4. The Kier molecular flexibility index (Phi) is 4.71. The lowest BCUT2D eigenvalue weighted by Crippen LogP contribution is -2.50. The molecular weight excluding hydrogens is 348 g/mol. The number of rotatable bonds is 4. The molecule has 6 nitrogen and oxygen atoms in total. The number of fused-ring (bicyclic) bond motifs is 1. The van der Waals surface area contributed by atoms with Gasteiger partial charge in [-0.1, -0.05) is 6.07 Å². The van der Waals surface area contributed by atoms with Crippen LogP contribution in [0.2, 0.25) is 0 Å². The number of thiophene rings is 1. The lowest BCUT2D eigenvalue weighted by atomic mass is 10.1. The summed E-state index contributed by atoms with van der Waals surface area (Å²) in [7, 11) is 0.